The van der Waals surface area contributed by atoms with Crippen molar-refractivity contribution in [3.8, 4) is 17.6 Å². The van der Waals surface area contributed by atoms with Crippen LogP contribution in [0.25, 0.3) is 0 Å². The van der Waals surface area contributed by atoms with E-state index in [9.17, 15) is 8.42 Å². The minimum atomic E-state index is -3.78. The molecule has 0 aliphatic rings. The van der Waals surface area contributed by atoms with E-state index in [4.69, 9.17) is 14.7 Å². The quantitative estimate of drug-likeness (QED) is 0.604. The van der Waals surface area contributed by atoms with Gasteiger partial charge in [-0.2, -0.15) is 5.26 Å². The molecular formula is C16H17BrN4O4S. The van der Waals surface area contributed by atoms with Gasteiger partial charge in [-0.15, -0.1) is 0 Å². The highest BCUT2D eigenvalue weighted by molar-refractivity contribution is 9.10. The van der Waals surface area contributed by atoms with E-state index in [0.29, 0.717) is 27.4 Å². The van der Waals surface area contributed by atoms with Crippen LogP contribution in [-0.2, 0) is 10.0 Å². The number of rotatable bonds is 8. The van der Waals surface area contributed by atoms with Crippen molar-refractivity contribution in [3.05, 3.63) is 40.5 Å². The fourth-order valence-corrected chi connectivity index (χ4v) is 4.19. The van der Waals surface area contributed by atoms with Crippen molar-refractivity contribution < 1.29 is 17.9 Å². The molecule has 10 heteroatoms. The maximum Gasteiger partial charge on any atom is 0.241 e. The van der Waals surface area contributed by atoms with Crippen molar-refractivity contribution in [1.29, 1.82) is 5.26 Å². The molecule has 0 spiro atoms. The molecule has 0 saturated heterocycles. The van der Waals surface area contributed by atoms with Crippen LogP contribution in [0, 0.1) is 11.3 Å². The molecule has 0 radical (unpaired) electrons. The maximum absolute atomic E-state index is 12.5. The first-order valence-electron chi connectivity index (χ1n) is 7.43. The Labute approximate surface area is 160 Å². The molecule has 0 bridgehead atoms. The zero-order valence-corrected chi connectivity index (χ0v) is 16.5. The van der Waals surface area contributed by atoms with Crippen molar-refractivity contribution in [1.82, 2.24) is 9.71 Å². The lowest BCUT2D eigenvalue weighted by Gasteiger charge is -2.13. The fourth-order valence-electron chi connectivity index (χ4n) is 2.12. The highest BCUT2D eigenvalue weighted by Gasteiger charge is 2.20. The summed E-state index contributed by atoms with van der Waals surface area (Å²) < 4.78 is 38.2. The van der Waals surface area contributed by atoms with E-state index in [1.54, 1.807) is 18.3 Å². The predicted octanol–water partition coefficient (Wildman–Crippen LogP) is 2.12. The van der Waals surface area contributed by atoms with Gasteiger partial charge in [0.2, 0.25) is 10.0 Å². The third kappa shape index (κ3) is 4.63. The Morgan fingerprint density at radius 1 is 1.23 bits per heavy atom. The minimum absolute atomic E-state index is 0.0331. The lowest BCUT2D eigenvalue weighted by atomic mass is 10.3. The molecule has 0 fully saturated rings. The van der Waals surface area contributed by atoms with Gasteiger partial charge in [-0.3, -0.25) is 0 Å². The second-order valence-corrected chi connectivity index (χ2v) is 7.56. The third-order valence-corrected chi connectivity index (χ3v) is 5.78. The first kappa shape index (κ1) is 20.0. The molecule has 2 aromatic rings. The van der Waals surface area contributed by atoms with Gasteiger partial charge in [0, 0.05) is 29.8 Å². The summed E-state index contributed by atoms with van der Waals surface area (Å²) in [4.78, 5) is 4.08. The molecule has 0 saturated carbocycles. The highest BCUT2D eigenvalue weighted by Crippen LogP contribution is 2.35. The number of hydrogen-bond acceptors (Lipinski definition) is 7. The van der Waals surface area contributed by atoms with Crippen LogP contribution in [-0.4, -0.2) is 40.7 Å². The van der Waals surface area contributed by atoms with E-state index in [0.717, 1.165) is 0 Å². The lowest BCUT2D eigenvalue weighted by Crippen LogP contribution is -2.29. The highest BCUT2D eigenvalue weighted by atomic mass is 79.9. The van der Waals surface area contributed by atoms with Crippen LogP contribution in [0.2, 0.25) is 0 Å². The number of nitrogens with zero attached hydrogens (tertiary/aromatic N) is 2. The number of anilines is 1. The van der Waals surface area contributed by atoms with E-state index >= 15 is 0 Å². The Morgan fingerprint density at radius 2 is 1.92 bits per heavy atom. The van der Waals surface area contributed by atoms with Gasteiger partial charge in [0.05, 0.1) is 19.8 Å². The Balaban J connectivity index is 2.06. The number of pyridine rings is 1. The van der Waals surface area contributed by atoms with Crippen molar-refractivity contribution in [2.24, 2.45) is 0 Å². The average molecular weight is 441 g/mol. The summed E-state index contributed by atoms with van der Waals surface area (Å²) in [6.45, 7) is 0.362. The van der Waals surface area contributed by atoms with E-state index in [2.05, 4.69) is 31.0 Å². The molecule has 138 valence electrons. The molecule has 1 heterocycles. The van der Waals surface area contributed by atoms with Gasteiger partial charge in [-0.1, -0.05) is 0 Å². The predicted molar refractivity (Wildman–Crippen MR) is 99.9 cm³/mol. The summed E-state index contributed by atoms with van der Waals surface area (Å²) in [6.07, 6.45) is 1.55. The van der Waals surface area contributed by atoms with Crippen molar-refractivity contribution in [3.63, 3.8) is 0 Å². The number of hydrogen-bond donors (Lipinski definition) is 2. The molecule has 0 aliphatic heterocycles. The van der Waals surface area contributed by atoms with Crippen molar-refractivity contribution in [2.45, 2.75) is 4.90 Å². The summed E-state index contributed by atoms with van der Waals surface area (Å²) >= 11 is 3.24. The molecule has 0 amide bonds. The fraction of sp³-hybridized carbons (Fsp3) is 0.250. The first-order chi connectivity index (χ1) is 12.4. The summed E-state index contributed by atoms with van der Waals surface area (Å²) in [7, 11) is -0.879. The number of halogens is 1. The van der Waals surface area contributed by atoms with Crippen molar-refractivity contribution >= 4 is 31.8 Å². The zero-order valence-electron chi connectivity index (χ0n) is 14.1. The molecular weight excluding hydrogens is 424 g/mol. The second kappa shape index (κ2) is 8.84. The molecule has 8 nitrogen and oxygen atoms in total. The Morgan fingerprint density at radius 3 is 2.58 bits per heavy atom. The van der Waals surface area contributed by atoms with Gasteiger partial charge in [0.15, 0.2) is 11.5 Å². The van der Waals surface area contributed by atoms with Gasteiger partial charge in [-0.05, 0) is 34.1 Å². The van der Waals surface area contributed by atoms with Crippen LogP contribution in [0.1, 0.15) is 5.56 Å². The number of nitrogens with one attached hydrogen (secondary N) is 2. The lowest BCUT2D eigenvalue weighted by molar-refractivity contribution is 0.353. The number of aromatic nitrogens is 1. The second-order valence-electron chi connectivity index (χ2n) is 4.97. The molecule has 0 atom stereocenters. The van der Waals surface area contributed by atoms with E-state index in [-0.39, 0.29) is 18.0 Å². The Kier molecular flexibility index (Phi) is 6.79. The Bertz CT molecular complexity index is 928. The van der Waals surface area contributed by atoms with Crippen LogP contribution in [0.5, 0.6) is 11.5 Å². The largest absolute Gasteiger partial charge is 0.493 e. The molecule has 2 N–H and O–H groups in total. The molecule has 1 aromatic heterocycles. The monoisotopic (exact) mass is 440 g/mol. The average Bonchev–Trinajstić information content (AvgIpc) is 2.65. The van der Waals surface area contributed by atoms with Gasteiger partial charge < -0.3 is 14.8 Å². The SMILES string of the molecule is COc1cc(Br)c(S(=O)(=O)NCCNc2ncccc2C#N)cc1OC. The van der Waals surface area contributed by atoms with E-state index in [1.165, 1.54) is 26.4 Å². The summed E-state index contributed by atoms with van der Waals surface area (Å²) in [5.74, 6) is 1.13. The van der Waals surface area contributed by atoms with Gasteiger partial charge in [0.1, 0.15) is 16.8 Å². The molecule has 1 aromatic carbocycles. The number of ether oxygens (including phenoxy) is 2. The van der Waals surface area contributed by atoms with Gasteiger partial charge >= 0.3 is 0 Å². The number of methoxy groups -OCH3 is 2. The summed E-state index contributed by atoms with van der Waals surface area (Å²) in [6, 6.07) is 8.20. The number of benzene rings is 1. The summed E-state index contributed by atoms with van der Waals surface area (Å²) in [5.41, 5.74) is 0.387. The standard InChI is InChI=1S/C16H17BrN4O4S/c1-24-13-8-12(17)15(9-14(13)25-2)26(22,23)21-7-6-20-16-11(10-18)4-3-5-19-16/h3-5,8-9,21H,6-7H2,1-2H3,(H,19,20). The Hall–Kier alpha value is -2.35. The van der Waals surface area contributed by atoms with Crippen LogP contribution in [0.3, 0.4) is 0 Å². The van der Waals surface area contributed by atoms with Gasteiger partial charge in [0.25, 0.3) is 0 Å². The molecule has 26 heavy (non-hydrogen) atoms. The van der Waals surface area contributed by atoms with E-state index < -0.39 is 10.0 Å². The normalized spacial score (nSPS) is 10.8. The van der Waals surface area contributed by atoms with Crippen molar-refractivity contribution in [2.75, 3.05) is 32.6 Å². The third-order valence-electron chi connectivity index (χ3n) is 3.37. The molecule has 0 unspecified atom stereocenters. The van der Waals surface area contributed by atoms with Crippen LogP contribution >= 0.6 is 15.9 Å². The van der Waals surface area contributed by atoms with Crippen LogP contribution < -0.4 is 19.5 Å². The maximum atomic E-state index is 12.5. The molecule has 2 rings (SSSR count). The number of nitriles is 1. The first-order valence-corrected chi connectivity index (χ1v) is 9.70. The van der Waals surface area contributed by atoms with Gasteiger partial charge in [-0.25, -0.2) is 18.1 Å². The van der Waals surface area contributed by atoms with Crippen LogP contribution in [0.4, 0.5) is 5.82 Å². The zero-order chi connectivity index (χ0) is 19.2. The minimum Gasteiger partial charge on any atom is -0.493 e. The number of sulfonamides is 1. The van der Waals surface area contributed by atoms with E-state index in [1.807, 2.05) is 6.07 Å². The summed E-state index contributed by atoms with van der Waals surface area (Å²) in [5, 5.41) is 11.9. The smallest absolute Gasteiger partial charge is 0.241 e. The van der Waals surface area contributed by atoms with Crippen LogP contribution in [0.15, 0.2) is 39.8 Å². The molecule has 0 aliphatic carbocycles. The topological polar surface area (TPSA) is 113 Å².